The van der Waals surface area contributed by atoms with Gasteiger partial charge in [-0.05, 0) is 43.5 Å². The standard InChI is InChI=1S/C17H18N2OS/c1-3-18(14-7-5-4-6-8-14)17(20)12-19-13(2)11-16-15(19)9-10-21-16/h4-11H,3,12H2,1-2H3. The predicted molar refractivity (Wildman–Crippen MR) is 89.0 cm³/mol. The Bertz CT molecular complexity index is 758. The van der Waals surface area contributed by atoms with Gasteiger partial charge in [-0.25, -0.2) is 0 Å². The number of carbonyl (C=O) groups is 1. The van der Waals surface area contributed by atoms with E-state index in [0.29, 0.717) is 13.1 Å². The molecular weight excluding hydrogens is 280 g/mol. The Morgan fingerprint density at radius 2 is 2.00 bits per heavy atom. The summed E-state index contributed by atoms with van der Waals surface area (Å²) in [6, 6.07) is 14.1. The SMILES string of the molecule is CCN(C(=O)Cn1c(C)cc2sccc21)c1ccccc1. The second-order valence-corrected chi connectivity index (χ2v) is 5.96. The first-order chi connectivity index (χ1) is 10.2. The van der Waals surface area contributed by atoms with Crippen molar-refractivity contribution in [1.29, 1.82) is 0 Å². The van der Waals surface area contributed by atoms with Gasteiger partial charge in [-0.1, -0.05) is 18.2 Å². The van der Waals surface area contributed by atoms with Crippen molar-refractivity contribution in [2.24, 2.45) is 0 Å². The zero-order valence-electron chi connectivity index (χ0n) is 12.2. The van der Waals surface area contributed by atoms with Gasteiger partial charge < -0.3 is 9.47 Å². The summed E-state index contributed by atoms with van der Waals surface area (Å²) < 4.78 is 3.34. The lowest BCUT2D eigenvalue weighted by molar-refractivity contribution is -0.119. The third kappa shape index (κ3) is 2.59. The number of nitrogens with zero attached hydrogens (tertiary/aromatic N) is 2. The van der Waals surface area contributed by atoms with E-state index in [1.165, 1.54) is 4.70 Å². The lowest BCUT2D eigenvalue weighted by Crippen LogP contribution is -2.33. The second kappa shape index (κ2) is 5.74. The van der Waals surface area contributed by atoms with Gasteiger partial charge in [-0.2, -0.15) is 0 Å². The van der Waals surface area contributed by atoms with E-state index in [4.69, 9.17) is 0 Å². The van der Waals surface area contributed by atoms with Gasteiger partial charge in [-0.3, -0.25) is 4.79 Å². The van der Waals surface area contributed by atoms with Gasteiger partial charge in [0, 0.05) is 17.9 Å². The van der Waals surface area contributed by atoms with E-state index in [9.17, 15) is 4.79 Å². The maximum Gasteiger partial charge on any atom is 0.246 e. The zero-order valence-corrected chi connectivity index (χ0v) is 13.1. The zero-order chi connectivity index (χ0) is 14.8. The first-order valence-electron chi connectivity index (χ1n) is 7.09. The molecular formula is C17H18N2OS. The van der Waals surface area contributed by atoms with Gasteiger partial charge in [-0.15, -0.1) is 11.3 Å². The average Bonchev–Trinajstić information content (AvgIpc) is 3.04. The molecule has 0 aliphatic carbocycles. The lowest BCUT2D eigenvalue weighted by Gasteiger charge is -2.22. The molecule has 4 heteroatoms. The normalized spacial score (nSPS) is 11.0. The highest BCUT2D eigenvalue weighted by molar-refractivity contribution is 7.17. The van der Waals surface area contributed by atoms with Gasteiger partial charge in [0.15, 0.2) is 0 Å². The van der Waals surface area contributed by atoms with Crippen molar-refractivity contribution in [2.45, 2.75) is 20.4 Å². The summed E-state index contributed by atoms with van der Waals surface area (Å²) in [5.41, 5.74) is 3.24. The lowest BCUT2D eigenvalue weighted by atomic mass is 10.3. The number of anilines is 1. The fourth-order valence-electron chi connectivity index (χ4n) is 2.64. The predicted octanol–water partition coefficient (Wildman–Crippen LogP) is 4.06. The third-order valence-corrected chi connectivity index (χ3v) is 4.56. The van der Waals surface area contributed by atoms with Crippen LogP contribution in [0.1, 0.15) is 12.6 Å². The molecule has 0 atom stereocenters. The summed E-state index contributed by atoms with van der Waals surface area (Å²) in [6.07, 6.45) is 0. The highest BCUT2D eigenvalue weighted by atomic mass is 32.1. The minimum absolute atomic E-state index is 0.121. The molecule has 2 aromatic heterocycles. The van der Waals surface area contributed by atoms with Gasteiger partial charge in [0.2, 0.25) is 5.91 Å². The Morgan fingerprint density at radius 3 is 2.71 bits per heavy atom. The molecule has 0 N–H and O–H groups in total. The minimum Gasteiger partial charge on any atom is -0.335 e. The number of aryl methyl sites for hydroxylation is 1. The van der Waals surface area contributed by atoms with Crippen molar-refractivity contribution >= 4 is 33.1 Å². The molecule has 108 valence electrons. The number of aromatic nitrogens is 1. The first kappa shape index (κ1) is 13.9. The number of thiophene rings is 1. The van der Waals surface area contributed by atoms with Gasteiger partial charge in [0.1, 0.15) is 6.54 Å². The number of amides is 1. The Balaban J connectivity index is 1.88. The summed E-state index contributed by atoms with van der Waals surface area (Å²) in [7, 11) is 0. The Kier molecular flexibility index (Phi) is 3.80. The molecule has 21 heavy (non-hydrogen) atoms. The molecule has 3 nitrogen and oxygen atoms in total. The van der Waals surface area contributed by atoms with Gasteiger partial charge in [0.05, 0.1) is 10.2 Å². The van der Waals surface area contributed by atoms with Crippen LogP contribution in [0.3, 0.4) is 0 Å². The molecule has 0 saturated heterocycles. The molecule has 0 fully saturated rings. The van der Waals surface area contributed by atoms with Crippen LogP contribution in [0, 0.1) is 6.92 Å². The van der Waals surface area contributed by atoms with Crippen molar-refractivity contribution in [3.63, 3.8) is 0 Å². The Labute approximate surface area is 128 Å². The molecule has 1 aromatic carbocycles. The maximum absolute atomic E-state index is 12.7. The first-order valence-corrected chi connectivity index (χ1v) is 7.97. The largest absolute Gasteiger partial charge is 0.335 e. The van der Waals surface area contributed by atoms with E-state index in [1.807, 2.05) is 42.2 Å². The number of likely N-dealkylation sites (N-methyl/N-ethyl adjacent to an activating group) is 1. The number of rotatable bonds is 4. The molecule has 0 aliphatic rings. The van der Waals surface area contributed by atoms with Crippen LogP contribution in [-0.4, -0.2) is 17.0 Å². The van der Waals surface area contributed by atoms with Gasteiger partial charge in [0.25, 0.3) is 0 Å². The summed E-state index contributed by atoms with van der Waals surface area (Å²) in [5.74, 6) is 0.121. The van der Waals surface area contributed by atoms with E-state index in [0.717, 1.165) is 16.9 Å². The quantitative estimate of drug-likeness (QED) is 0.713. The van der Waals surface area contributed by atoms with Crippen LogP contribution in [0.2, 0.25) is 0 Å². The second-order valence-electron chi connectivity index (χ2n) is 5.02. The maximum atomic E-state index is 12.7. The highest BCUT2D eigenvalue weighted by Gasteiger charge is 2.16. The van der Waals surface area contributed by atoms with Crippen LogP contribution in [0.25, 0.3) is 10.2 Å². The van der Waals surface area contributed by atoms with Crippen molar-refractivity contribution in [3.05, 3.63) is 53.5 Å². The Morgan fingerprint density at radius 1 is 1.24 bits per heavy atom. The van der Waals surface area contributed by atoms with E-state index in [-0.39, 0.29) is 5.91 Å². The molecule has 3 aromatic rings. The van der Waals surface area contributed by atoms with Gasteiger partial charge >= 0.3 is 0 Å². The molecule has 0 aliphatic heterocycles. The van der Waals surface area contributed by atoms with Crippen LogP contribution in [0.15, 0.2) is 47.8 Å². The molecule has 0 radical (unpaired) electrons. The fraction of sp³-hybridized carbons (Fsp3) is 0.235. The molecule has 3 rings (SSSR count). The van der Waals surface area contributed by atoms with Crippen LogP contribution < -0.4 is 4.90 Å². The number of fused-ring (bicyclic) bond motifs is 1. The fourth-order valence-corrected chi connectivity index (χ4v) is 3.53. The van der Waals surface area contributed by atoms with Crippen molar-refractivity contribution in [2.75, 3.05) is 11.4 Å². The van der Waals surface area contributed by atoms with E-state index >= 15 is 0 Å². The van der Waals surface area contributed by atoms with Crippen molar-refractivity contribution < 1.29 is 4.79 Å². The molecule has 0 unspecified atom stereocenters. The summed E-state index contributed by atoms with van der Waals surface area (Å²) in [4.78, 5) is 14.5. The topological polar surface area (TPSA) is 25.2 Å². The molecule has 0 bridgehead atoms. The van der Waals surface area contributed by atoms with Crippen LogP contribution >= 0.6 is 11.3 Å². The minimum atomic E-state index is 0.121. The number of carbonyl (C=O) groups excluding carboxylic acids is 1. The number of hydrogen-bond acceptors (Lipinski definition) is 2. The summed E-state index contributed by atoms with van der Waals surface area (Å²) in [5, 5.41) is 2.07. The smallest absolute Gasteiger partial charge is 0.246 e. The molecule has 0 saturated carbocycles. The summed E-state index contributed by atoms with van der Waals surface area (Å²) in [6.45, 7) is 5.12. The highest BCUT2D eigenvalue weighted by Crippen LogP contribution is 2.25. The average molecular weight is 298 g/mol. The number of hydrogen-bond donors (Lipinski definition) is 0. The van der Waals surface area contributed by atoms with Crippen molar-refractivity contribution in [1.82, 2.24) is 4.57 Å². The van der Waals surface area contributed by atoms with Crippen molar-refractivity contribution in [3.8, 4) is 0 Å². The van der Waals surface area contributed by atoms with Crippen LogP contribution in [-0.2, 0) is 11.3 Å². The van der Waals surface area contributed by atoms with E-state index < -0.39 is 0 Å². The third-order valence-electron chi connectivity index (χ3n) is 3.71. The van der Waals surface area contributed by atoms with E-state index in [2.05, 4.69) is 29.0 Å². The monoisotopic (exact) mass is 298 g/mol. The molecule has 0 spiro atoms. The van der Waals surface area contributed by atoms with Crippen LogP contribution in [0.4, 0.5) is 5.69 Å². The molecule has 2 heterocycles. The Hall–Kier alpha value is -2.07. The van der Waals surface area contributed by atoms with E-state index in [1.54, 1.807) is 11.3 Å². The molecule has 1 amide bonds. The number of benzene rings is 1. The number of para-hydroxylation sites is 1. The van der Waals surface area contributed by atoms with Crippen LogP contribution in [0.5, 0.6) is 0 Å². The summed E-state index contributed by atoms with van der Waals surface area (Å²) >= 11 is 1.71.